The summed E-state index contributed by atoms with van der Waals surface area (Å²) in [7, 11) is 0. The largest absolute Gasteiger partial charge is 0.342 e. The lowest BCUT2D eigenvalue weighted by atomic mass is 9.93. The Balaban J connectivity index is 1.29. The summed E-state index contributed by atoms with van der Waals surface area (Å²) in [5.74, 6) is -0.895. The second kappa shape index (κ2) is 10.9. The minimum absolute atomic E-state index is 0.0279. The first-order valence-corrected chi connectivity index (χ1v) is 12.8. The number of carbonyl (C=O) groups is 3. The summed E-state index contributed by atoms with van der Waals surface area (Å²) in [4.78, 5) is 43.0. The minimum atomic E-state index is -0.397. The predicted octanol–water partition coefficient (Wildman–Crippen LogP) is 4.84. The fraction of sp³-hybridized carbons (Fsp3) is 0.300. The summed E-state index contributed by atoms with van der Waals surface area (Å²) in [6.07, 6.45) is 3.41. The molecule has 37 heavy (non-hydrogen) atoms. The van der Waals surface area contributed by atoms with Crippen molar-refractivity contribution < 1.29 is 18.8 Å². The van der Waals surface area contributed by atoms with Gasteiger partial charge in [0, 0.05) is 36.6 Å². The number of hydrogen-bond acceptors (Lipinski definition) is 3. The number of piperidine rings is 1. The number of halogens is 1. The third-order valence-electron chi connectivity index (χ3n) is 7.19. The van der Waals surface area contributed by atoms with E-state index in [1.165, 1.54) is 24.3 Å². The number of fused-ring (bicyclic) bond motifs is 1. The third-order valence-corrected chi connectivity index (χ3v) is 7.19. The van der Waals surface area contributed by atoms with Crippen molar-refractivity contribution in [2.45, 2.75) is 32.1 Å². The maximum atomic E-state index is 13.7. The Morgan fingerprint density at radius 1 is 0.892 bits per heavy atom. The highest BCUT2D eigenvalue weighted by molar-refractivity contribution is 6.06. The number of anilines is 2. The molecule has 1 fully saturated rings. The molecular formula is C30H30FN3O3. The van der Waals surface area contributed by atoms with Gasteiger partial charge in [0.2, 0.25) is 11.8 Å². The molecule has 3 aromatic rings. The predicted molar refractivity (Wildman–Crippen MR) is 141 cm³/mol. The number of rotatable bonds is 5. The second-order valence-corrected chi connectivity index (χ2v) is 9.70. The van der Waals surface area contributed by atoms with Crippen molar-refractivity contribution in [1.82, 2.24) is 4.90 Å². The number of nitrogens with zero attached hydrogens (tertiary/aromatic N) is 2. The van der Waals surface area contributed by atoms with E-state index in [-0.39, 0.29) is 23.6 Å². The Bertz CT molecular complexity index is 1290. The van der Waals surface area contributed by atoms with E-state index in [0.29, 0.717) is 37.3 Å². The molecular weight excluding hydrogens is 469 g/mol. The van der Waals surface area contributed by atoms with Gasteiger partial charge in [0.05, 0.1) is 12.3 Å². The quantitative estimate of drug-likeness (QED) is 0.546. The van der Waals surface area contributed by atoms with Crippen molar-refractivity contribution in [3.8, 4) is 0 Å². The van der Waals surface area contributed by atoms with Crippen LogP contribution in [0.2, 0.25) is 0 Å². The summed E-state index contributed by atoms with van der Waals surface area (Å²) in [5.41, 5.74) is 3.73. The number of hydrogen-bond donors (Lipinski definition) is 1. The van der Waals surface area contributed by atoms with Gasteiger partial charge in [-0.1, -0.05) is 36.4 Å². The molecule has 1 saturated heterocycles. The van der Waals surface area contributed by atoms with E-state index in [9.17, 15) is 18.8 Å². The van der Waals surface area contributed by atoms with Crippen LogP contribution >= 0.6 is 0 Å². The molecule has 0 saturated carbocycles. The topological polar surface area (TPSA) is 69.7 Å². The molecule has 2 aliphatic rings. The van der Waals surface area contributed by atoms with Gasteiger partial charge < -0.3 is 15.1 Å². The molecule has 0 spiro atoms. The lowest BCUT2D eigenvalue weighted by Crippen LogP contribution is -2.48. The highest BCUT2D eigenvalue weighted by atomic mass is 19.1. The Morgan fingerprint density at radius 2 is 1.68 bits per heavy atom. The van der Waals surface area contributed by atoms with Gasteiger partial charge in [-0.25, -0.2) is 4.39 Å². The van der Waals surface area contributed by atoms with Crippen molar-refractivity contribution in [1.29, 1.82) is 0 Å². The van der Waals surface area contributed by atoms with Crippen LogP contribution in [-0.4, -0.2) is 42.3 Å². The average molecular weight is 500 g/mol. The maximum absolute atomic E-state index is 13.7. The normalized spacial score (nSPS) is 17.2. The summed E-state index contributed by atoms with van der Waals surface area (Å²) in [5, 5.41) is 2.94. The van der Waals surface area contributed by atoms with Gasteiger partial charge in [-0.2, -0.15) is 0 Å². The van der Waals surface area contributed by atoms with Crippen molar-refractivity contribution in [3.05, 3.63) is 95.3 Å². The van der Waals surface area contributed by atoms with Gasteiger partial charge >= 0.3 is 0 Å². The Labute approximate surface area is 216 Å². The van der Waals surface area contributed by atoms with E-state index in [0.717, 1.165) is 42.5 Å². The SMILES string of the molecule is O=C(Nc1cccc2c1CCCN2C(=O)C1CCCN(C(=O)Cc2ccccc2)C1)c1ccc(F)cc1. The Hall–Kier alpha value is -4.00. The van der Waals surface area contributed by atoms with Gasteiger partial charge in [0.25, 0.3) is 5.91 Å². The van der Waals surface area contributed by atoms with E-state index in [4.69, 9.17) is 0 Å². The minimum Gasteiger partial charge on any atom is -0.342 e. The number of carbonyl (C=O) groups excluding carboxylic acids is 3. The van der Waals surface area contributed by atoms with Crippen molar-refractivity contribution in [2.24, 2.45) is 5.92 Å². The number of nitrogens with one attached hydrogen (secondary N) is 1. The molecule has 1 atom stereocenters. The van der Waals surface area contributed by atoms with Crippen LogP contribution in [-0.2, 0) is 22.4 Å². The summed E-state index contributed by atoms with van der Waals surface area (Å²) in [6, 6.07) is 20.7. The molecule has 7 heteroatoms. The van der Waals surface area contributed by atoms with Crippen molar-refractivity contribution in [3.63, 3.8) is 0 Å². The molecule has 2 heterocycles. The van der Waals surface area contributed by atoms with Crippen LogP contribution in [0.15, 0.2) is 72.8 Å². The molecule has 190 valence electrons. The average Bonchev–Trinajstić information content (AvgIpc) is 2.93. The van der Waals surface area contributed by atoms with E-state index >= 15 is 0 Å². The van der Waals surface area contributed by atoms with E-state index in [2.05, 4.69) is 5.32 Å². The zero-order valence-corrected chi connectivity index (χ0v) is 20.7. The van der Waals surface area contributed by atoms with Gasteiger partial charge in [-0.3, -0.25) is 14.4 Å². The molecule has 0 bridgehead atoms. The monoisotopic (exact) mass is 499 g/mol. The standard InChI is InChI=1S/C30H30FN3O3/c31-24-15-13-22(14-16-24)29(36)32-26-11-4-12-27-25(26)10-6-18-34(27)30(37)23-9-5-17-33(20-23)28(35)19-21-7-2-1-3-8-21/h1-4,7-8,11-16,23H,5-6,9-10,17-20H2,(H,32,36). The first-order chi connectivity index (χ1) is 18.0. The molecule has 1 unspecified atom stereocenters. The van der Waals surface area contributed by atoms with Gasteiger partial charge in [0.15, 0.2) is 0 Å². The molecule has 6 nitrogen and oxygen atoms in total. The van der Waals surface area contributed by atoms with Crippen LogP contribution < -0.4 is 10.2 Å². The zero-order chi connectivity index (χ0) is 25.8. The molecule has 0 aromatic heterocycles. The Kier molecular flexibility index (Phi) is 7.30. The van der Waals surface area contributed by atoms with E-state index < -0.39 is 5.82 Å². The number of amides is 3. The summed E-state index contributed by atoms with van der Waals surface area (Å²) < 4.78 is 13.2. The molecule has 1 N–H and O–H groups in total. The van der Waals surface area contributed by atoms with Crippen molar-refractivity contribution >= 4 is 29.1 Å². The van der Waals surface area contributed by atoms with Crippen LogP contribution in [0.1, 0.15) is 40.7 Å². The zero-order valence-electron chi connectivity index (χ0n) is 20.7. The lowest BCUT2D eigenvalue weighted by molar-refractivity contribution is -0.134. The number of likely N-dealkylation sites (tertiary alicyclic amines) is 1. The molecule has 3 amide bonds. The third kappa shape index (κ3) is 5.56. The molecule has 3 aromatic carbocycles. The highest BCUT2D eigenvalue weighted by Crippen LogP contribution is 2.35. The summed E-state index contributed by atoms with van der Waals surface area (Å²) in [6.45, 7) is 1.71. The van der Waals surface area contributed by atoms with E-state index in [1.807, 2.05) is 58.3 Å². The Morgan fingerprint density at radius 3 is 2.46 bits per heavy atom. The molecule has 0 radical (unpaired) electrons. The first kappa shape index (κ1) is 24.7. The molecule has 0 aliphatic carbocycles. The van der Waals surface area contributed by atoms with Gasteiger partial charge in [0.1, 0.15) is 5.82 Å². The first-order valence-electron chi connectivity index (χ1n) is 12.8. The fourth-order valence-corrected chi connectivity index (χ4v) is 5.27. The summed E-state index contributed by atoms with van der Waals surface area (Å²) >= 11 is 0. The van der Waals surface area contributed by atoms with Crippen LogP contribution in [0.3, 0.4) is 0 Å². The number of benzene rings is 3. The van der Waals surface area contributed by atoms with Crippen molar-refractivity contribution in [2.75, 3.05) is 29.9 Å². The lowest BCUT2D eigenvalue weighted by Gasteiger charge is -2.37. The van der Waals surface area contributed by atoms with Crippen LogP contribution in [0.4, 0.5) is 15.8 Å². The van der Waals surface area contributed by atoms with Crippen LogP contribution in [0.5, 0.6) is 0 Å². The maximum Gasteiger partial charge on any atom is 0.255 e. The van der Waals surface area contributed by atoms with Crippen LogP contribution in [0, 0.1) is 11.7 Å². The highest BCUT2D eigenvalue weighted by Gasteiger charge is 2.34. The van der Waals surface area contributed by atoms with Crippen LogP contribution in [0.25, 0.3) is 0 Å². The molecule has 2 aliphatic heterocycles. The fourth-order valence-electron chi connectivity index (χ4n) is 5.27. The smallest absolute Gasteiger partial charge is 0.255 e. The van der Waals surface area contributed by atoms with Gasteiger partial charge in [-0.15, -0.1) is 0 Å². The van der Waals surface area contributed by atoms with Gasteiger partial charge in [-0.05, 0) is 73.2 Å². The molecule has 5 rings (SSSR count). The second-order valence-electron chi connectivity index (χ2n) is 9.70. The van der Waals surface area contributed by atoms with E-state index in [1.54, 1.807) is 0 Å².